The molecule has 0 aliphatic carbocycles. The topological polar surface area (TPSA) is 46.5 Å². The van der Waals surface area contributed by atoms with Crippen molar-refractivity contribution in [2.24, 2.45) is 0 Å². The van der Waals surface area contributed by atoms with Crippen molar-refractivity contribution >= 4 is 18.1 Å². The van der Waals surface area contributed by atoms with E-state index in [1.807, 2.05) is 66.7 Å². The van der Waals surface area contributed by atoms with Crippen LogP contribution in [0, 0.1) is 0 Å². The van der Waals surface area contributed by atoms with E-state index >= 15 is 0 Å². The minimum Gasteiger partial charge on any atom is -0.488 e. The zero-order valence-electron chi connectivity index (χ0n) is 13.6. The predicted octanol–water partition coefficient (Wildman–Crippen LogP) is 5.13. The Morgan fingerprint density at radius 1 is 0.840 bits per heavy atom. The van der Waals surface area contributed by atoms with E-state index in [9.17, 15) is 4.79 Å². The van der Waals surface area contributed by atoms with Crippen LogP contribution in [0.1, 0.15) is 27.0 Å². The number of benzene rings is 3. The third-order valence-electron chi connectivity index (χ3n) is 3.77. The molecule has 0 saturated heterocycles. The molecule has 3 heteroatoms. The molecular weight excluding hydrogens is 312 g/mol. The van der Waals surface area contributed by atoms with E-state index in [1.165, 1.54) is 0 Å². The summed E-state index contributed by atoms with van der Waals surface area (Å²) in [6.45, 7) is 0.513. The van der Waals surface area contributed by atoms with Gasteiger partial charge < -0.3 is 9.84 Å². The van der Waals surface area contributed by atoms with Crippen molar-refractivity contribution in [1.82, 2.24) is 0 Å². The first-order chi connectivity index (χ1) is 12.2. The molecule has 0 saturated carbocycles. The Labute approximate surface area is 146 Å². The van der Waals surface area contributed by atoms with Gasteiger partial charge in [0.2, 0.25) is 0 Å². The lowest BCUT2D eigenvalue weighted by Gasteiger charge is -2.09. The number of hydrogen-bond acceptors (Lipinski definition) is 2. The van der Waals surface area contributed by atoms with Gasteiger partial charge in [-0.2, -0.15) is 0 Å². The van der Waals surface area contributed by atoms with Gasteiger partial charge in [0.1, 0.15) is 12.4 Å². The molecule has 0 atom stereocenters. The average molecular weight is 330 g/mol. The molecule has 0 fully saturated rings. The van der Waals surface area contributed by atoms with Crippen LogP contribution >= 0.6 is 0 Å². The molecule has 0 aromatic heterocycles. The van der Waals surface area contributed by atoms with E-state index in [-0.39, 0.29) is 5.56 Å². The summed E-state index contributed by atoms with van der Waals surface area (Å²) < 4.78 is 5.93. The summed E-state index contributed by atoms with van der Waals surface area (Å²) in [5.41, 5.74) is 3.30. The van der Waals surface area contributed by atoms with Gasteiger partial charge >= 0.3 is 5.97 Å². The first kappa shape index (κ1) is 16.5. The molecule has 124 valence electrons. The highest BCUT2D eigenvalue weighted by atomic mass is 16.5. The second-order valence-electron chi connectivity index (χ2n) is 5.57. The van der Waals surface area contributed by atoms with E-state index in [0.717, 1.165) is 22.4 Å². The molecular formula is C22H18O3. The monoisotopic (exact) mass is 330 g/mol. The van der Waals surface area contributed by atoms with Gasteiger partial charge in [-0.15, -0.1) is 0 Å². The summed E-state index contributed by atoms with van der Waals surface area (Å²) in [5.74, 6) is -0.111. The van der Waals surface area contributed by atoms with Gasteiger partial charge in [-0.1, -0.05) is 72.8 Å². The third kappa shape index (κ3) is 4.58. The first-order valence-electron chi connectivity index (χ1n) is 7.99. The van der Waals surface area contributed by atoms with E-state index in [2.05, 4.69) is 0 Å². The Bertz CT molecular complexity index is 865. The molecule has 25 heavy (non-hydrogen) atoms. The van der Waals surface area contributed by atoms with Crippen LogP contribution in [0.25, 0.3) is 12.2 Å². The molecule has 0 unspecified atom stereocenters. The normalized spacial score (nSPS) is 10.7. The van der Waals surface area contributed by atoms with Crippen LogP contribution in [0.3, 0.4) is 0 Å². The molecule has 0 spiro atoms. The number of carboxylic acid groups (broad SMARTS) is 1. The number of hydrogen-bond donors (Lipinski definition) is 1. The molecule has 0 radical (unpaired) electrons. The molecule has 3 aromatic rings. The Morgan fingerprint density at radius 2 is 1.52 bits per heavy atom. The maximum absolute atomic E-state index is 10.9. The van der Waals surface area contributed by atoms with Gasteiger partial charge in [0.15, 0.2) is 0 Å². The lowest BCUT2D eigenvalue weighted by molar-refractivity contribution is 0.0697. The van der Waals surface area contributed by atoms with Gasteiger partial charge in [0.25, 0.3) is 0 Å². The summed E-state index contributed by atoms with van der Waals surface area (Å²) >= 11 is 0. The summed E-state index contributed by atoms with van der Waals surface area (Å²) in [5, 5.41) is 8.94. The van der Waals surface area contributed by atoms with Gasteiger partial charge in [-0.25, -0.2) is 4.79 Å². The molecule has 0 amide bonds. The molecule has 1 N–H and O–H groups in total. The molecule has 0 bridgehead atoms. The van der Waals surface area contributed by atoms with Crippen LogP contribution in [0.2, 0.25) is 0 Å². The van der Waals surface area contributed by atoms with Crippen molar-refractivity contribution in [3.05, 3.63) is 101 Å². The number of carbonyl (C=O) groups is 1. The number of rotatable bonds is 6. The zero-order valence-corrected chi connectivity index (χ0v) is 13.6. The molecule has 0 aliphatic heterocycles. The fraction of sp³-hybridized carbons (Fsp3) is 0.0455. The Hall–Kier alpha value is -3.33. The van der Waals surface area contributed by atoms with Crippen molar-refractivity contribution in [3.8, 4) is 5.75 Å². The molecule has 3 aromatic carbocycles. The van der Waals surface area contributed by atoms with Crippen molar-refractivity contribution in [3.63, 3.8) is 0 Å². The molecule has 0 heterocycles. The number of para-hydroxylation sites is 1. The number of carboxylic acids is 1. The Balaban J connectivity index is 1.73. The summed E-state index contributed by atoms with van der Waals surface area (Å²) in [6.07, 6.45) is 3.91. The van der Waals surface area contributed by atoms with Crippen LogP contribution in [0.15, 0.2) is 78.9 Å². The quantitative estimate of drug-likeness (QED) is 0.637. The lowest BCUT2D eigenvalue weighted by atomic mass is 10.1. The van der Waals surface area contributed by atoms with E-state index in [4.69, 9.17) is 9.84 Å². The van der Waals surface area contributed by atoms with Crippen LogP contribution in [0.4, 0.5) is 0 Å². The SMILES string of the molecule is O=C(O)c1ccc(C=Cc2ccccc2OCc2ccccc2)cc1. The van der Waals surface area contributed by atoms with Crippen LogP contribution < -0.4 is 4.74 Å². The maximum Gasteiger partial charge on any atom is 0.335 e. The summed E-state index contributed by atoms with van der Waals surface area (Å²) in [7, 11) is 0. The van der Waals surface area contributed by atoms with Gasteiger partial charge in [0.05, 0.1) is 5.56 Å². The largest absolute Gasteiger partial charge is 0.488 e. The van der Waals surface area contributed by atoms with E-state index in [0.29, 0.717) is 6.61 Å². The van der Waals surface area contributed by atoms with E-state index < -0.39 is 5.97 Å². The minimum absolute atomic E-state index is 0.281. The Morgan fingerprint density at radius 3 is 2.24 bits per heavy atom. The van der Waals surface area contributed by atoms with Crippen LogP contribution in [0.5, 0.6) is 5.75 Å². The fourth-order valence-corrected chi connectivity index (χ4v) is 2.41. The van der Waals surface area contributed by atoms with Crippen molar-refractivity contribution in [2.75, 3.05) is 0 Å². The van der Waals surface area contributed by atoms with Crippen LogP contribution in [-0.2, 0) is 6.61 Å². The average Bonchev–Trinajstić information content (AvgIpc) is 2.66. The summed E-state index contributed by atoms with van der Waals surface area (Å²) in [6, 6.07) is 24.6. The number of aromatic carboxylic acids is 1. The Kier molecular flexibility index (Phi) is 5.27. The highest BCUT2D eigenvalue weighted by molar-refractivity contribution is 5.88. The summed E-state index contributed by atoms with van der Waals surface area (Å²) in [4.78, 5) is 10.9. The standard InChI is InChI=1S/C22H18O3/c23-22(24)20-14-11-17(12-15-20)10-13-19-8-4-5-9-21(19)25-16-18-6-2-1-3-7-18/h1-15H,16H2,(H,23,24). The number of ether oxygens (including phenoxy) is 1. The predicted molar refractivity (Wildman–Crippen MR) is 99.5 cm³/mol. The fourth-order valence-electron chi connectivity index (χ4n) is 2.41. The second-order valence-corrected chi connectivity index (χ2v) is 5.57. The first-order valence-corrected chi connectivity index (χ1v) is 7.99. The molecule has 3 rings (SSSR count). The van der Waals surface area contributed by atoms with Gasteiger partial charge in [-0.3, -0.25) is 0 Å². The molecule has 3 nitrogen and oxygen atoms in total. The maximum atomic E-state index is 10.9. The minimum atomic E-state index is -0.921. The highest BCUT2D eigenvalue weighted by Crippen LogP contribution is 2.22. The van der Waals surface area contributed by atoms with E-state index in [1.54, 1.807) is 24.3 Å². The lowest BCUT2D eigenvalue weighted by Crippen LogP contribution is -1.96. The van der Waals surface area contributed by atoms with Crippen molar-refractivity contribution < 1.29 is 14.6 Å². The van der Waals surface area contributed by atoms with Gasteiger partial charge in [-0.05, 0) is 29.3 Å². The van der Waals surface area contributed by atoms with Crippen molar-refractivity contribution in [2.45, 2.75) is 6.61 Å². The van der Waals surface area contributed by atoms with Gasteiger partial charge in [0, 0.05) is 5.56 Å². The second kappa shape index (κ2) is 7.97. The third-order valence-corrected chi connectivity index (χ3v) is 3.77. The highest BCUT2D eigenvalue weighted by Gasteiger charge is 2.02. The van der Waals surface area contributed by atoms with Crippen molar-refractivity contribution in [1.29, 1.82) is 0 Å². The smallest absolute Gasteiger partial charge is 0.335 e. The zero-order chi connectivity index (χ0) is 17.5. The van der Waals surface area contributed by atoms with Crippen LogP contribution in [-0.4, -0.2) is 11.1 Å². The molecule has 0 aliphatic rings.